The molecule has 1 unspecified atom stereocenters. The van der Waals surface area contributed by atoms with E-state index in [-0.39, 0.29) is 32.6 Å². The van der Waals surface area contributed by atoms with Gasteiger partial charge in [-0.1, -0.05) is 60.7 Å². The van der Waals surface area contributed by atoms with Crippen molar-refractivity contribution >= 4 is 29.7 Å². The number of nitrogens with one attached hydrogen (secondary N) is 3. The van der Waals surface area contributed by atoms with E-state index in [4.69, 9.17) is 15.2 Å². The van der Waals surface area contributed by atoms with Crippen LogP contribution >= 0.6 is 0 Å². The molecule has 0 spiro atoms. The number of nitrogens with zero attached hydrogens (tertiary/aromatic N) is 1. The number of aliphatic hydroxyl groups excluding tert-OH is 1. The molecular weight excluding hydrogens is 637 g/mol. The molecule has 1 saturated heterocycles. The molecule has 13 nitrogen and oxygen atoms in total. The molecule has 0 aromatic heterocycles. The fraction of sp³-hybridized carbons (Fsp3) is 0.514. The summed E-state index contributed by atoms with van der Waals surface area (Å²) in [6, 6.07) is 14.0. The van der Waals surface area contributed by atoms with Crippen LogP contribution in [0.3, 0.4) is 0 Å². The Morgan fingerprint density at radius 2 is 1.63 bits per heavy atom. The van der Waals surface area contributed by atoms with Gasteiger partial charge in [0.05, 0.1) is 31.3 Å². The van der Waals surface area contributed by atoms with E-state index < -0.39 is 78.7 Å². The number of rotatable bonds is 16. The van der Waals surface area contributed by atoms with Gasteiger partial charge in [-0.05, 0) is 51.2 Å². The van der Waals surface area contributed by atoms with E-state index in [1.54, 1.807) is 81.4 Å². The van der Waals surface area contributed by atoms with Crippen LogP contribution in [0.2, 0.25) is 0 Å². The Kier molecular flexibility index (Phi) is 15.1. The molecule has 49 heavy (non-hydrogen) atoms. The summed E-state index contributed by atoms with van der Waals surface area (Å²) >= 11 is 0. The smallest absolute Gasteiger partial charge is 0.414 e. The zero-order chi connectivity index (χ0) is 36.0. The van der Waals surface area contributed by atoms with Crippen LogP contribution in [-0.4, -0.2) is 95.4 Å². The van der Waals surface area contributed by atoms with Crippen molar-refractivity contribution in [2.75, 3.05) is 19.8 Å². The minimum Gasteiger partial charge on any atom is -0.444 e. The molecule has 2 aromatic rings. The van der Waals surface area contributed by atoms with Gasteiger partial charge in [-0.25, -0.2) is 4.79 Å². The minimum absolute atomic E-state index is 0.000190. The number of alkyl halides is 1. The zero-order valence-corrected chi connectivity index (χ0v) is 28.2. The molecule has 0 aliphatic carbocycles. The number of carbonyl (C=O) groups excluding carboxylic acids is 5. The van der Waals surface area contributed by atoms with E-state index in [2.05, 4.69) is 10.6 Å². The minimum atomic E-state index is -1.81. The van der Waals surface area contributed by atoms with Crippen LogP contribution < -0.4 is 21.7 Å². The van der Waals surface area contributed by atoms with Gasteiger partial charge in [0.25, 0.3) is 5.91 Å². The van der Waals surface area contributed by atoms with Gasteiger partial charge in [0, 0.05) is 25.1 Å². The number of carbonyl (C=O) groups is 5. The Morgan fingerprint density at radius 3 is 2.24 bits per heavy atom. The molecule has 3 rings (SSSR count). The quantitative estimate of drug-likeness (QED) is 0.164. The lowest BCUT2D eigenvalue weighted by Gasteiger charge is -2.32. The molecule has 6 N–H and O–H groups in total. The fourth-order valence-corrected chi connectivity index (χ4v) is 5.27. The van der Waals surface area contributed by atoms with Crippen LogP contribution in [0.15, 0.2) is 60.7 Å². The van der Waals surface area contributed by atoms with Gasteiger partial charge in [-0.15, -0.1) is 0 Å². The van der Waals surface area contributed by atoms with E-state index in [1.807, 2.05) is 5.32 Å². The van der Waals surface area contributed by atoms with E-state index in [9.17, 15) is 33.5 Å². The summed E-state index contributed by atoms with van der Waals surface area (Å²) < 4.78 is 23.5. The predicted octanol–water partition coefficient (Wildman–Crippen LogP) is 1.90. The molecule has 14 heteroatoms. The lowest BCUT2D eigenvalue weighted by atomic mass is 9.99. The Bertz CT molecular complexity index is 1390. The van der Waals surface area contributed by atoms with Crippen molar-refractivity contribution in [1.82, 2.24) is 20.9 Å². The number of hydrogen-bond donors (Lipinski definition) is 5. The predicted molar refractivity (Wildman–Crippen MR) is 178 cm³/mol. The Labute approximate surface area is 286 Å². The zero-order valence-electron chi connectivity index (χ0n) is 28.2. The summed E-state index contributed by atoms with van der Waals surface area (Å²) in [7, 11) is 0. The van der Waals surface area contributed by atoms with Gasteiger partial charge in [-0.2, -0.15) is 0 Å². The number of unbranched alkanes of at least 4 members (excludes halogenated alkanes) is 1. The van der Waals surface area contributed by atoms with Crippen LogP contribution in [0.25, 0.3) is 0 Å². The van der Waals surface area contributed by atoms with Gasteiger partial charge >= 0.3 is 6.09 Å². The van der Waals surface area contributed by atoms with Gasteiger partial charge in [0.15, 0.2) is 6.10 Å². The second-order valence-corrected chi connectivity index (χ2v) is 13.0. The highest BCUT2D eigenvalue weighted by Crippen LogP contribution is 2.24. The van der Waals surface area contributed by atoms with Crippen molar-refractivity contribution in [3.05, 3.63) is 71.8 Å². The molecule has 1 aliphatic heterocycles. The molecule has 5 amide bonds. The van der Waals surface area contributed by atoms with Crippen LogP contribution in [0.5, 0.6) is 0 Å². The summed E-state index contributed by atoms with van der Waals surface area (Å²) in [5.41, 5.74) is 6.81. The molecule has 0 bridgehead atoms. The summed E-state index contributed by atoms with van der Waals surface area (Å²) in [5, 5.41) is 18.9. The number of ether oxygens (including phenoxy) is 2. The average molecular weight is 686 g/mol. The van der Waals surface area contributed by atoms with Gasteiger partial charge in [0.1, 0.15) is 12.6 Å². The monoisotopic (exact) mass is 685 g/mol. The van der Waals surface area contributed by atoms with Crippen LogP contribution in [-0.2, 0) is 41.7 Å². The topological polar surface area (TPSA) is 189 Å². The van der Waals surface area contributed by atoms with E-state index >= 15 is 0 Å². The summed E-state index contributed by atoms with van der Waals surface area (Å²) in [6.07, 6.45) is -2.96. The van der Waals surface area contributed by atoms with Gasteiger partial charge in [-0.3, -0.25) is 28.9 Å². The van der Waals surface area contributed by atoms with Crippen molar-refractivity contribution < 1.29 is 42.9 Å². The third kappa shape index (κ3) is 13.2. The van der Waals surface area contributed by atoms with Crippen molar-refractivity contribution in [3.63, 3.8) is 0 Å². The number of halogens is 1. The maximum absolute atomic E-state index is 13.9. The number of aliphatic hydroxyl groups is 1. The first kappa shape index (κ1) is 39.0. The van der Waals surface area contributed by atoms with Crippen LogP contribution in [0, 0.1) is 0 Å². The Morgan fingerprint density at radius 1 is 1.00 bits per heavy atom. The first-order chi connectivity index (χ1) is 23.3. The maximum atomic E-state index is 13.9. The summed E-state index contributed by atoms with van der Waals surface area (Å²) in [6.45, 7) is 5.10. The Hall–Kier alpha value is -4.40. The van der Waals surface area contributed by atoms with E-state index in [0.29, 0.717) is 24.0 Å². The van der Waals surface area contributed by atoms with Gasteiger partial charge in [0.2, 0.25) is 17.7 Å². The van der Waals surface area contributed by atoms with Crippen LogP contribution in [0.4, 0.5) is 9.18 Å². The third-order valence-electron chi connectivity index (χ3n) is 7.68. The number of likely N-dealkylation sites (tertiary alicyclic amines) is 1. The molecule has 0 radical (unpaired) electrons. The van der Waals surface area contributed by atoms with Crippen LogP contribution in [0.1, 0.15) is 57.6 Å². The lowest BCUT2D eigenvalue weighted by Crippen LogP contribution is -2.58. The normalized spacial score (nSPS) is 17.8. The molecule has 1 aliphatic rings. The first-order valence-electron chi connectivity index (χ1n) is 16.4. The highest BCUT2D eigenvalue weighted by atomic mass is 19.1. The van der Waals surface area contributed by atoms with Crippen molar-refractivity contribution in [2.45, 2.75) is 95.4 Å². The molecule has 0 saturated carbocycles. The molecule has 268 valence electrons. The van der Waals surface area contributed by atoms with Crippen molar-refractivity contribution in [3.8, 4) is 0 Å². The van der Waals surface area contributed by atoms with Crippen molar-refractivity contribution in [2.24, 2.45) is 5.73 Å². The second kappa shape index (κ2) is 19.0. The largest absolute Gasteiger partial charge is 0.444 e. The average Bonchev–Trinajstić information content (AvgIpc) is 3.49. The lowest BCUT2D eigenvalue weighted by molar-refractivity contribution is -0.147. The van der Waals surface area contributed by atoms with E-state index in [0.717, 1.165) is 0 Å². The number of nitrogens with two attached hydrogens (primary N) is 1. The Balaban J connectivity index is 1.70. The van der Waals surface area contributed by atoms with E-state index in [1.165, 1.54) is 4.90 Å². The fourth-order valence-electron chi connectivity index (χ4n) is 5.27. The standard InChI is InChI=1S/C35H48FN5O8/c1-35(2,3)40-32(45)28-19-25(48-17-11-10-16-36)21-41(28)33(46)30(43)27(18-23-12-6-4-7-13-23)38-31(44)26(37)20-29(42)39-34(47)49-22-24-14-8-5-9-15-24/h4-9,12-15,25-28,30,43H,10-11,16-22,37H2,1-3H3,(H,38,44)(H,40,45)(H,39,42,47)/t25?,26-,27-,28-,30-/m0/s1. The SMILES string of the molecule is CC(C)(C)NC(=O)[C@@H]1CC(OCCCCF)CN1C(=O)[C@@H](O)[C@H](Cc1ccccc1)NC(=O)[C@@H](N)CC(=O)NC(=O)OCc1ccccc1. The number of alkyl carbamates (subject to hydrolysis) is 1. The number of imide groups is 1. The highest BCUT2D eigenvalue weighted by Gasteiger charge is 2.44. The molecule has 2 aromatic carbocycles. The first-order valence-corrected chi connectivity index (χ1v) is 16.4. The third-order valence-corrected chi connectivity index (χ3v) is 7.68. The maximum Gasteiger partial charge on any atom is 0.414 e. The van der Waals surface area contributed by atoms with Gasteiger partial charge < -0.3 is 35.8 Å². The molecule has 1 fully saturated rings. The highest BCUT2D eigenvalue weighted by molar-refractivity contribution is 5.96. The molecule has 1 heterocycles. The number of hydrogen-bond acceptors (Lipinski definition) is 9. The number of amides is 5. The van der Waals surface area contributed by atoms with Crippen molar-refractivity contribution in [1.29, 1.82) is 0 Å². The molecular formula is C35H48FN5O8. The molecule has 5 atom stereocenters. The summed E-state index contributed by atoms with van der Waals surface area (Å²) in [4.78, 5) is 66.2. The summed E-state index contributed by atoms with van der Waals surface area (Å²) in [5.74, 6) is -2.95. The number of benzene rings is 2. The second-order valence-electron chi connectivity index (χ2n) is 13.0.